The number of carbonyl (C=O) groups is 2. The van der Waals surface area contributed by atoms with Crippen LogP contribution < -0.4 is 15.2 Å². The molecule has 3 rings (SSSR count). The molecule has 1 saturated carbocycles. The summed E-state index contributed by atoms with van der Waals surface area (Å²) in [6.07, 6.45) is 4.72. The number of nitro benzene ring substituents is 1. The zero-order valence-electron chi connectivity index (χ0n) is 26.6. The van der Waals surface area contributed by atoms with Crippen molar-refractivity contribution in [1.29, 1.82) is 5.26 Å². The molecule has 0 aliphatic heterocycles. The maximum atomic E-state index is 12.7. The highest BCUT2D eigenvalue weighted by Gasteiger charge is 2.29. The second-order valence-corrected chi connectivity index (χ2v) is 10.4. The van der Waals surface area contributed by atoms with Crippen LogP contribution in [0.1, 0.15) is 71.2 Å². The van der Waals surface area contributed by atoms with Gasteiger partial charge in [-0.3, -0.25) is 14.9 Å². The molecule has 0 saturated heterocycles. The second-order valence-electron chi connectivity index (χ2n) is 10.4. The lowest BCUT2D eigenvalue weighted by molar-refractivity contribution is -0.384. The number of non-ortho nitro benzene ring substituents is 1. The Labute approximate surface area is 259 Å². The molecule has 1 aromatic heterocycles. The van der Waals surface area contributed by atoms with E-state index in [1.54, 1.807) is 26.0 Å². The zero-order valence-corrected chi connectivity index (χ0v) is 26.6. The first-order valence-corrected chi connectivity index (χ1v) is 15.0. The Morgan fingerprint density at radius 2 is 1.86 bits per heavy atom. The monoisotopic (exact) mass is 605 g/mol. The van der Waals surface area contributed by atoms with Crippen molar-refractivity contribution in [3.8, 4) is 17.7 Å². The fourth-order valence-electron chi connectivity index (χ4n) is 5.33. The summed E-state index contributed by atoms with van der Waals surface area (Å²) >= 11 is 0. The summed E-state index contributed by atoms with van der Waals surface area (Å²) in [5, 5.41) is 21.1. The van der Waals surface area contributed by atoms with Crippen LogP contribution in [0.15, 0.2) is 47.6 Å². The number of hydrogen-bond acceptors (Lipinski definition) is 9. The Hall–Kier alpha value is -4.56. The van der Waals surface area contributed by atoms with E-state index in [1.165, 1.54) is 28.7 Å². The molecule has 1 heterocycles. The first-order chi connectivity index (χ1) is 21.0. The molecule has 11 heteroatoms. The molecule has 1 aliphatic carbocycles. The van der Waals surface area contributed by atoms with Gasteiger partial charge in [0, 0.05) is 37.0 Å². The molecule has 2 aromatic rings. The van der Waals surface area contributed by atoms with E-state index in [0.29, 0.717) is 25.4 Å². The van der Waals surface area contributed by atoms with Crippen LogP contribution >= 0.6 is 0 Å². The summed E-state index contributed by atoms with van der Waals surface area (Å²) in [6, 6.07) is 8.73. The van der Waals surface area contributed by atoms with Gasteiger partial charge in [0.2, 0.25) is 5.88 Å². The van der Waals surface area contributed by atoms with E-state index in [4.69, 9.17) is 15.2 Å². The van der Waals surface area contributed by atoms with Gasteiger partial charge in [-0.15, -0.1) is 0 Å². The third-order valence-corrected chi connectivity index (χ3v) is 7.42. The van der Waals surface area contributed by atoms with Crippen molar-refractivity contribution in [2.24, 2.45) is 17.6 Å². The number of carbonyl (C=O) groups excluding carboxylic acids is 2. The molecule has 1 amide bonds. The number of nitrogens with two attached hydrogens (primary N) is 1. The highest BCUT2D eigenvalue weighted by Crippen LogP contribution is 2.35. The average molecular weight is 606 g/mol. The van der Waals surface area contributed by atoms with Crippen LogP contribution in [0.5, 0.6) is 11.6 Å². The molecule has 0 bridgehead atoms. The van der Waals surface area contributed by atoms with E-state index in [1.807, 2.05) is 33.8 Å². The van der Waals surface area contributed by atoms with Crippen molar-refractivity contribution in [1.82, 2.24) is 9.88 Å². The number of hydrogen-bond donors (Lipinski definition) is 1. The Bertz CT molecular complexity index is 1440. The predicted octanol–water partition coefficient (Wildman–Crippen LogP) is 6.54. The van der Waals surface area contributed by atoms with Gasteiger partial charge in [-0.05, 0) is 82.1 Å². The minimum atomic E-state index is -1.14. The van der Waals surface area contributed by atoms with Gasteiger partial charge < -0.3 is 20.1 Å². The summed E-state index contributed by atoms with van der Waals surface area (Å²) in [6.45, 7) is 14.5. The molecular weight excluding hydrogens is 562 g/mol. The molecule has 2 N–H and O–H groups in total. The van der Waals surface area contributed by atoms with Crippen molar-refractivity contribution in [2.75, 3.05) is 13.1 Å². The SMILES string of the molecule is C/C=C1/C(N)CC(C)CC1Cc1nc(OC(=O)Oc2cc(/C=C(\C#N)C(=O)N(CC)CC)cc([N+](=O)[O-])c2)ccc1C.CC. The summed E-state index contributed by atoms with van der Waals surface area (Å²) in [4.78, 5) is 42.2. The Kier molecular flexibility index (Phi) is 13.7. The van der Waals surface area contributed by atoms with Crippen molar-refractivity contribution in [3.05, 3.63) is 74.5 Å². The summed E-state index contributed by atoms with van der Waals surface area (Å²) in [7, 11) is 0. The van der Waals surface area contributed by atoms with Crippen LogP contribution in [-0.2, 0) is 11.2 Å². The molecular formula is C33H43N5O6. The van der Waals surface area contributed by atoms with Gasteiger partial charge in [-0.25, -0.2) is 9.78 Å². The topological polar surface area (TPSA) is 162 Å². The molecule has 44 heavy (non-hydrogen) atoms. The average Bonchev–Trinajstić information content (AvgIpc) is 2.98. The van der Waals surface area contributed by atoms with E-state index < -0.39 is 22.7 Å². The van der Waals surface area contributed by atoms with Gasteiger partial charge >= 0.3 is 6.16 Å². The molecule has 11 nitrogen and oxygen atoms in total. The van der Waals surface area contributed by atoms with E-state index >= 15 is 0 Å². The second kappa shape index (κ2) is 16.9. The molecule has 1 fully saturated rings. The van der Waals surface area contributed by atoms with E-state index in [2.05, 4.69) is 18.0 Å². The number of nitro groups is 1. The summed E-state index contributed by atoms with van der Waals surface area (Å²) < 4.78 is 10.6. The lowest BCUT2D eigenvalue weighted by Crippen LogP contribution is -2.35. The summed E-state index contributed by atoms with van der Waals surface area (Å²) in [5.41, 5.74) is 8.85. The van der Waals surface area contributed by atoms with Crippen molar-refractivity contribution in [3.63, 3.8) is 0 Å². The third-order valence-electron chi connectivity index (χ3n) is 7.42. The predicted molar refractivity (Wildman–Crippen MR) is 169 cm³/mol. The zero-order chi connectivity index (χ0) is 33.0. The molecule has 3 atom stereocenters. The smallest absolute Gasteiger partial charge is 0.394 e. The normalized spacial score (nSPS) is 18.8. The van der Waals surface area contributed by atoms with E-state index in [-0.39, 0.29) is 34.7 Å². The van der Waals surface area contributed by atoms with Gasteiger partial charge in [-0.2, -0.15) is 5.26 Å². The molecule has 1 aromatic carbocycles. The van der Waals surface area contributed by atoms with Crippen molar-refractivity contribution >= 4 is 23.8 Å². The quantitative estimate of drug-likeness (QED) is 0.0636. The van der Waals surface area contributed by atoms with Crippen LogP contribution in [-0.4, -0.2) is 46.0 Å². The number of nitriles is 1. The maximum Gasteiger partial charge on any atom is 0.520 e. The van der Waals surface area contributed by atoms with Crippen molar-refractivity contribution < 1.29 is 24.0 Å². The van der Waals surface area contributed by atoms with Crippen molar-refractivity contribution in [2.45, 2.75) is 73.8 Å². The molecule has 3 unspecified atom stereocenters. The molecule has 1 aliphatic rings. The van der Waals surface area contributed by atoms with Crippen LogP contribution in [0.3, 0.4) is 0 Å². The number of rotatable bonds is 9. The third kappa shape index (κ3) is 9.47. The molecule has 236 valence electrons. The van der Waals surface area contributed by atoms with Gasteiger partial charge in [0.1, 0.15) is 17.4 Å². The number of ether oxygens (including phenoxy) is 2. The van der Waals surface area contributed by atoms with Gasteiger partial charge in [-0.1, -0.05) is 38.5 Å². The lowest BCUT2D eigenvalue weighted by Gasteiger charge is -2.34. The highest BCUT2D eigenvalue weighted by atomic mass is 16.7. The molecule has 0 radical (unpaired) electrons. The number of likely N-dealkylation sites (N-methyl/N-ethyl adjacent to an activating group) is 1. The number of aromatic nitrogens is 1. The minimum Gasteiger partial charge on any atom is -0.394 e. The van der Waals surface area contributed by atoms with Crippen LogP contribution in [0.25, 0.3) is 6.08 Å². The Morgan fingerprint density at radius 1 is 1.18 bits per heavy atom. The first kappa shape index (κ1) is 35.6. The van der Waals surface area contributed by atoms with Gasteiger partial charge in [0.25, 0.3) is 11.6 Å². The van der Waals surface area contributed by atoms with E-state index in [9.17, 15) is 25.0 Å². The fourth-order valence-corrected chi connectivity index (χ4v) is 5.33. The Balaban J connectivity index is 0.00000330. The van der Waals surface area contributed by atoms with E-state index in [0.717, 1.165) is 30.2 Å². The highest BCUT2D eigenvalue weighted by molar-refractivity contribution is 6.01. The standard InChI is InChI=1S/C31H37N5O6.C2H6/c1-6-26-22(11-19(4)12-27(26)33)16-28-20(5)9-10-29(34-28)42-31(38)41-25-15-21(14-24(17-25)36(39)40)13-23(18-32)30(37)35(7-2)8-3;1-2/h6,9-10,13-15,17,19,22,27H,7-8,11-12,16,33H2,1-5H3;1-2H3/b23-13+,26-6+;. The maximum absolute atomic E-state index is 12.7. The number of aryl methyl sites for hydroxylation is 1. The number of amides is 1. The number of nitrogens with zero attached hydrogens (tertiary/aromatic N) is 4. The number of pyridine rings is 1. The largest absolute Gasteiger partial charge is 0.520 e. The number of benzene rings is 1. The van der Waals surface area contributed by atoms with Gasteiger partial charge in [0.15, 0.2) is 0 Å². The lowest BCUT2D eigenvalue weighted by atomic mass is 9.73. The summed E-state index contributed by atoms with van der Waals surface area (Å²) in [5.74, 6) is 0.0348. The molecule has 0 spiro atoms. The van der Waals surface area contributed by atoms with Crippen LogP contribution in [0, 0.1) is 40.2 Å². The van der Waals surface area contributed by atoms with Crippen LogP contribution in [0.2, 0.25) is 0 Å². The van der Waals surface area contributed by atoms with Crippen LogP contribution in [0.4, 0.5) is 10.5 Å². The fraction of sp³-hybridized carbons (Fsp3) is 0.455. The number of allylic oxidation sites excluding steroid dienone is 1. The van der Waals surface area contributed by atoms with Gasteiger partial charge in [0.05, 0.1) is 11.0 Å². The first-order valence-electron chi connectivity index (χ1n) is 15.0. The Morgan fingerprint density at radius 3 is 2.45 bits per heavy atom. The minimum absolute atomic E-state index is 0.00715.